The molecule has 5 aromatic rings. The Bertz CT molecular complexity index is 1270. The predicted molar refractivity (Wildman–Crippen MR) is 114 cm³/mol. The van der Waals surface area contributed by atoms with Gasteiger partial charge in [-0.3, -0.25) is 0 Å². The normalized spacial score (nSPS) is 11.3. The van der Waals surface area contributed by atoms with Crippen LogP contribution in [0.1, 0.15) is 0 Å². The van der Waals surface area contributed by atoms with Crippen molar-refractivity contribution in [2.24, 2.45) is 0 Å². The molecule has 0 unspecified atom stereocenters. The van der Waals surface area contributed by atoms with Crippen LogP contribution in [-0.4, -0.2) is 0 Å². The first-order valence-corrected chi connectivity index (χ1v) is 9.04. The molecular formula is C24H16ClN. The van der Waals surface area contributed by atoms with Gasteiger partial charge in [-0.25, -0.2) is 0 Å². The van der Waals surface area contributed by atoms with Crippen molar-refractivity contribution in [1.82, 2.24) is 0 Å². The third-order valence-electron chi connectivity index (χ3n) is 4.89. The second kappa shape index (κ2) is 6.05. The molecule has 2 heteroatoms. The van der Waals surface area contributed by atoms with E-state index in [0.717, 1.165) is 16.4 Å². The fourth-order valence-corrected chi connectivity index (χ4v) is 3.87. The van der Waals surface area contributed by atoms with E-state index in [2.05, 4.69) is 72.0 Å². The number of benzene rings is 5. The van der Waals surface area contributed by atoms with Gasteiger partial charge in [-0.1, -0.05) is 84.4 Å². The number of anilines is 2. The average molecular weight is 354 g/mol. The fourth-order valence-electron chi connectivity index (χ4n) is 3.69. The molecular weight excluding hydrogens is 338 g/mol. The van der Waals surface area contributed by atoms with Gasteiger partial charge in [-0.2, -0.15) is 0 Å². The topological polar surface area (TPSA) is 12.0 Å². The van der Waals surface area contributed by atoms with Crippen LogP contribution >= 0.6 is 11.6 Å². The Morgan fingerprint density at radius 2 is 1.19 bits per heavy atom. The summed E-state index contributed by atoms with van der Waals surface area (Å²) in [5, 5.41) is 11.7. The summed E-state index contributed by atoms with van der Waals surface area (Å²) in [4.78, 5) is 0. The fraction of sp³-hybridized carbons (Fsp3) is 0. The van der Waals surface area contributed by atoms with Gasteiger partial charge in [0.2, 0.25) is 0 Å². The van der Waals surface area contributed by atoms with Crippen molar-refractivity contribution in [2.75, 3.05) is 5.32 Å². The maximum atomic E-state index is 6.36. The van der Waals surface area contributed by atoms with Crippen molar-refractivity contribution in [3.8, 4) is 0 Å². The Balaban J connectivity index is 1.85. The number of fused-ring (bicyclic) bond motifs is 5. The first-order valence-electron chi connectivity index (χ1n) is 8.66. The van der Waals surface area contributed by atoms with E-state index in [1.54, 1.807) is 0 Å². The number of rotatable bonds is 2. The monoisotopic (exact) mass is 353 g/mol. The summed E-state index contributed by atoms with van der Waals surface area (Å²) >= 11 is 6.36. The molecule has 0 saturated carbocycles. The highest BCUT2D eigenvalue weighted by atomic mass is 35.5. The number of hydrogen-bond donors (Lipinski definition) is 1. The Kier molecular flexibility index (Phi) is 3.55. The van der Waals surface area contributed by atoms with E-state index in [1.807, 2.05) is 24.3 Å². The second-order valence-electron chi connectivity index (χ2n) is 6.46. The molecule has 0 saturated heterocycles. The van der Waals surface area contributed by atoms with Crippen molar-refractivity contribution in [2.45, 2.75) is 0 Å². The minimum absolute atomic E-state index is 0.718. The molecule has 0 radical (unpaired) electrons. The highest BCUT2D eigenvalue weighted by molar-refractivity contribution is 6.33. The van der Waals surface area contributed by atoms with Crippen LogP contribution in [0.4, 0.5) is 11.4 Å². The van der Waals surface area contributed by atoms with Crippen LogP contribution in [0.3, 0.4) is 0 Å². The van der Waals surface area contributed by atoms with E-state index in [0.29, 0.717) is 0 Å². The zero-order valence-electron chi connectivity index (χ0n) is 14.0. The molecule has 0 spiro atoms. The van der Waals surface area contributed by atoms with Crippen molar-refractivity contribution in [1.29, 1.82) is 0 Å². The van der Waals surface area contributed by atoms with E-state index in [-0.39, 0.29) is 0 Å². The summed E-state index contributed by atoms with van der Waals surface area (Å²) in [5.74, 6) is 0. The lowest BCUT2D eigenvalue weighted by atomic mass is 9.95. The largest absolute Gasteiger partial charge is 0.354 e. The number of para-hydroxylation sites is 1. The van der Waals surface area contributed by atoms with E-state index in [1.165, 1.54) is 32.3 Å². The number of nitrogens with one attached hydrogen (secondary N) is 1. The first kappa shape index (κ1) is 15.2. The van der Waals surface area contributed by atoms with Crippen molar-refractivity contribution in [3.05, 3.63) is 96.0 Å². The van der Waals surface area contributed by atoms with Gasteiger partial charge in [-0.15, -0.1) is 0 Å². The molecule has 0 aromatic heterocycles. The maximum Gasteiger partial charge on any atom is 0.0640 e. The predicted octanol–water partition coefficient (Wildman–Crippen LogP) is 7.54. The van der Waals surface area contributed by atoms with Gasteiger partial charge in [0.05, 0.1) is 10.7 Å². The van der Waals surface area contributed by atoms with Gasteiger partial charge in [-0.05, 0) is 45.1 Å². The molecule has 0 aliphatic rings. The molecule has 0 fully saturated rings. The van der Waals surface area contributed by atoms with Crippen LogP contribution in [0.5, 0.6) is 0 Å². The summed E-state index contributed by atoms with van der Waals surface area (Å²) in [6.07, 6.45) is 0. The lowest BCUT2D eigenvalue weighted by molar-refractivity contribution is 1.59. The Morgan fingerprint density at radius 1 is 0.538 bits per heavy atom. The van der Waals surface area contributed by atoms with Crippen molar-refractivity contribution in [3.63, 3.8) is 0 Å². The highest BCUT2D eigenvalue weighted by Crippen LogP contribution is 2.38. The minimum Gasteiger partial charge on any atom is -0.354 e. The molecule has 0 aliphatic carbocycles. The van der Waals surface area contributed by atoms with Crippen molar-refractivity contribution >= 4 is 55.3 Å². The summed E-state index contributed by atoms with van der Waals surface area (Å²) in [6, 6.07) is 31.5. The van der Waals surface area contributed by atoms with Crippen molar-refractivity contribution < 1.29 is 0 Å². The Labute approximate surface area is 156 Å². The third kappa shape index (κ3) is 2.40. The summed E-state index contributed by atoms with van der Waals surface area (Å²) in [5.41, 5.74) is 1.98. The van der Waals surface area contributed by atoms with Crippen LogP contribution in [0.25, 0.3) is 32.3 Å². The van der Waals surface area contributed by atoms with Crippen LogP contribution in [0.15, 0.2) is 91.0 Å². The maximum absolute atomic E-state index is 6.36. The first-order chi connectivity index (χ1) is 12.8. The van der Waals surface area contributed by atoms with Gasteiger partial charge in [0, 0.05) is 11.1 Å². The van der Waals surface area contributed by atoms with Gasteiger partial charge in [0.25, 0.3) is 0 Å². The van der Waals surface area contributed by atoms with Gasteiger partial charge >= 0.3 is 0 Å². The number of hydrogen-bond acceptors (Lipinski definition) is 1. The molecule has 124 valence electrons. The minimum atomic E-state index is 0.718. The Hall–Kier alpha value is -3.03. The van der Waals surface area contributed by atoms with Crippen LogP contribution < -0.4 is 5.32 Å². The van der Waals surface area contributed by atoms with E-state index < -0.39 is 0 Å². The van der Waals surface area contributed by atoms with E-state index in [9.17, 15) is 0 Å². The van der Waals surface area contributed by atoms with Gasteiger partial charge in [0.1, 0.15) is 0 Å². The smallest absolute Gasteiger partial charge is 0.0640 e. The lowest BCUT2D eigenvalue weighted by Crippen LogP contribution is -1.93. The summed E-state index contributed by atoms with van der Waals surface area (Å²) in [6.45, 7) is 0. The average Bonchev–Trinajstić information content (AvgIpc) is 2.69. The number of halogens is 1. The van der Waals surface area contributed by atoms with Gasteiger partial charge in [0.15, 0.2) is 0 Å². The quantitative estimate of drug-likeness (QED) is 0.323. The van der Waals surface area contributed by atoms with Gasteiger partial charge < -0.3 is 5.32 Å². The second-order valence-corrected chi connectivity index (χ2v) is 6.87. The molecule has 5 aromatic carbocycles. The molecule has 0 atom stereocenters. The third-order valence-corrected chi connectivity index (χ3v) is 5.22. The SMILES string of the molecule is Clc1ccccc1Nc1cc2ccc3ccccc3c2c2ccccc12. The van der Waals surface area contributed by atoms with E-state index in [4.69, 9.17) is 11.6 Å². The highest BCUT2D eigenvalue weighted by Gasteiger charge is 2.10. The Morgan fingerprint density at radius 3 is 2.04 bits per heavy atom. The van der Waals surface area contributed by atoms with Crippen LogP contribution in [-0.2, 0) is 0 Å². The molecule has 1 N–H and O–H groups in total. The molecule has 26 heavy (non-hydrogen) atoms. The van der Waals surface area contributed by atoms with Crippen LogP contribution in [0.2, 0.25) is 5.02 Å². The standard InChI is InChI=1S/C24H16ClN/c25-21-11-5-6-12-22(21)26-23-15-17-14-13-16-7-1-2-8-18(16)24(17)20-10-4-3-9-19(20)23/h1-15,26H. The lowest BCUT2D eigenvalue weighted by Gasteiger charge is -2.15. The van der Waals surface area contributed by atoms with E-state index >= 15 is 0 Å². The zero-order chi connectivity index (χ0) is 17.5. The molecule has 0 aliphatic heterocycles. The molecule has 1 nitrogen and oxygen atoms in total. The zero-order valence-corrected chi connectivity index (χ0v) is 14.8. The van der Waals surface area contributed by atoms with Crippen LogP contribution in [0, 0.1) is 0 Å². The molecule has 0 amide bonds. The molecule has 5 rings (SSSR count). The summed E-state index contributed by atoms with van der Waals surface area (Å²) < 4.78 is 0. The molecule has 0 heterocycles. The molecule has 0 bridgehead atoms. The summed E-state index contributed by atoms with van der Waals surface area (Å²) in [7, 11) is 0.